The molecule has 0 radical (unpaired) electrons. The molecule has 0 fully saturated rings. The lowest BCUT2D eigenvalue weighted by molar-refractivity contribution is 0.474. The highest BCUT2D eigenvalue weighted by Gasteiger charge is 2.16. The van der Waals surface area contributed by atoms with Crippen LogP contribution in [0.15, 0.2) is 218 Å². The van der Waals surface area contributed by atoms with Crippen LogP contribution in [0.2, 0.25) is 0 Å². The molecule has 9 aromatic rings. The van der Waals surface area contributed by atoms with Gasteiger partial charge < -0.3 is 20.0 Å². The van der Waals surface area contributed by atoms with E-state index >= 15 is 0 Å². The number of rotatable bonds is 12. The third kappa shape index (κ3) is 9.89. The molecule has 0 unspecified atom stereocenters. The van der Waals surface area contributed by atoms with E-state index in [0.29, 0.717) is 0 Å². The van der Waals surface area contributed by atoms with Crippen molar-refractivity contribution in [1.82, 2.24) is 0 Å². The highest BCUT2D eigenvalue weighted by Crippen LogP contribution is 2.38. The summed E-state index contributed by atoms with van der Waals surface area (Å²) in [6.07, 6.45) is 4.42. The summed E-state index contributed by atoms with van der Waals surface area (Å²) in [5.41, 5.74) is 19.6. The molecule has 2 N–H and O–H groups in total. The van der Waals surface area contributed by atoms with Gasteiger partial charge in [-0.2, -0.15) is 0 Å². The maximum atomic E-state index is 10.3. The molecule has 0 heterocycles. The van der Waals surface area contributed by atoms with E-state index in [9.17, 15) is 10.2 Å². The maximum absolute atomic E-state index is 10.3. The summed E-state index contributed by atoms with van der Waals surface area (Å²) in [6, 6.07) is 75.3. The normalized spacial score (nSPS) is 11.6. The number of hydrogen-bond donors (Lipinski definition) is 2. The first kappa shape index (κ1) is 42.9. The van der Waals surface area contributed by atoms with E-state index in [1.54, 1.807) is 24.3 Å². The van der Waals surface area contributed by atoms with Gasteiger partial charge in [-0.25, -0.2) is 0 Å². The lowest BCUT2D eigenvalue weighted by atomic mass is 9.91. The van der Waals surface area contributed by atoms with Crippen molar-refractivity contribution in [3.05, 3.63) is 274 Å². The molecule has 4 nitrogen and oxygen atoms in total. The van der Waals surface area contributed by atoms with Gasteiger partial charge in [0.2, 0.25) is 0 Å². The van der Waals surface area contributed by atoms with Crippen molar-refractivity contribution >= 4 is 57.4 Å². The van der Waals surface area contributed by atoms with Crippen LogP contribution < -0.4 is 9.80 Å². The zero-order valence-electron chi connectivity index (χ0n) is 37.7. The lowest BCUT2D eigenvalue weighted by Gasteiger charge is -2.26. The molecule has 9 aromatic carbocycles. The largest absolute Gasteiger partial charge is 0.508 e. The second kappa shape index (κ2) is 19.2. The lowest BCUT2D eigenvalue weighted by Crippen LogP contribution is -2.09. The molecule has 4 heteroatoms. The SMILES string of the molecule is Cc1ccc(N(c2ccc(C)cc2)c2ccc(/C=C(\c3ccc(O)cc3)c3ccc(/C(=C\c4ccc(N(c5ccc(C)cc5)c5ccc(C)cc5)cc4)c4ccc(O)cc4)cc3)cc2)cc1. The third-order valence-corrected chi connectivity index (χ3v) is 12.0. The zero-order chi connectivity index (χ0) is 45.6. The molecule has 0 aliphatic rings. The number of aromatic hydroxyl groups is 2. The van der Waals surface area contributed by atoms with Crippen LogP contribution >= 0.6 is 0 Å². The monoisotopic (exact) mass is 856 g/mol. The van der Waals surface area contributed by atoms with Gasteiger partial charge in [0.1, 0.15) is 11.5 Å². The fourth-order valence-corrected chi connectivity index (χ4v) is 8.22. The number of phenols is 2. The minimum atomic E-state index is 0.222. The third-order valence-electron chi connectivity index (χ3n) is 12.0. The molecule has 0 amide bonds. The first-order valence-electron chi connectivity index (χ1n) is 22.3. The van der Waals surface area contributed by atoms with Gasteiger partial charge >= 0.3 is 0 Å². The van der Waals surface area contributed by atoms with E-state index in [2.05, 4.69) is 220 Å². The summed E-state index contributed by atoms with van der Waals surface area (Å²) in [5.74, 6) is 0.444. The summed E-state index contributed by atoms with van der Waals surface area (Å²) in [4.78, 5) is 4.57. The number of anilines is 6. The van der Waals surface area contributed by atoms with Crippen LogP contribution in [0.1, 0.15) is 55.6 Å². The molecule has 0 bridgehead atoms. The van der Waals surface area contributed by atoms with Crippen LogP contribution in [-0.2, 0) is 0 Å². The predicted molar refractivity (Wildman–Crippen MR) is 278 cm³/mol. The van der Waals surface area contributed by atoms with Gasteiger partial charge in [-0.05, 0) is 181 Å². The topological polar surface area (TPSA) is 46.9 Å². The Kier molecular flexibility index (Phi) is 12.5. The van der Waals surface area contributed by atoms with Gasteiger partial charge in [-0.3, -0.25) is 0 Å². The van der Waals surface area contributed by atoms with Crippen molar-refractivity contribution in [3.8, 4) is 11.5 Å². The van der Waals surface area contributed by atoms with E-state index in [4.69, 9.17) is 0 Å². The Morgan fingerprint density at radius 1 is 0.273 bits per heavy atom. The first-order valence-corrected chi connectivity index (χ1v) is 22.3. The second-order valence-electron chi connectivity index (χ2n) is 17.0. The molecule has 0 atom stereocenters. The zero-order valence-corrected chi connectivity index (χ0v) is 37.7. The van der Waals surface area contributed by atoms with Crippen molar-refractivity contribution in [3.63, 3.8) is 0 Å². The Morgan fingerprint density at radius 3 is 0.697 bits per heavy atom. The maximum Gasteiger partial charge on any atom is 0.115 e. The quantitative estimate of drug-likeness (QED) is 0.120. The number of phenolic OH excluding ortho intramolecular Hbond substituents is 2. The highest BCUT2D eigenvalue weighted by molar-refractivity contribution is 5.95. The molecule has 9 rings (SSSR count). The predicted octanol–water partition coefficient (Wildman–Crippen LogP) is 16.4. The fourth-order valence-electron chi connectivity index (χ4n) is 8.22. The summed E-state index contributed by atoms with van der Waals surface area (Å²) >= 11 is 0. The van der Waals surface area contributed by atoms with Crippen molar-refractivity contribution in [1.29, 1.82) is 0 Å². The minimum absolute atomic E-state index is 0.222. The average Bonchev–Trinajstić information content (AvgIpc) is 3.34. The Balaban J connectivity index is 1.06. The van der Waals surface area contributed by atoms with E-state index < -0.39 is 0 Å². The van der Waals surface area contributed by atoms with E-state index in [0.717, 1.165) is 78.7 Å². The van der Waals surface area contributed by atoms with Crippen LogP contribution in [0, 0.1) is 27.7 Å². The Bertz CT molecular complexity index is 2790. The van der Waals surface area contributed by atoms with Gasteiger partial charge in [0.15, 0.2) is 0 Å². The summed E-state index contributed by atoms with van der Waals surface area (Å²) in [6.45, 7) is 8.44. The summed E-state index contributed by atoms with van der Waals surface area (Å²) in [7, 11) is 0. The van der Waals surface area contributed by atoms with E-state index in [-0.39, 0.29) is 11.5 Å². The van der Waals surface area contributed by atoms with Crippen molar-refractivity contribution in [2.24, 2.45) is 0 Å². The summed E-state index contributed by atoms with van der Waals surface area (Å²) < 4.78 is 0. The van der Waals surface area contributed by atoms with Crippen LogP contribution in [0.25, 0.3) is 23.3 Å². The van der Waals surface area contributed by atoms with Gasteiger partial charge in [0, 0.05) is 34.1 Å². The number of benzene rings is 9. The molecule has 0 spiro atoms. The molecule has 322 valence electrons. The van der Waals surface area contributed by atoms with E-state index in [1.807, 2.05) is 24.3 Å². The highest BCUT2D eigenvalue weighted by atomic mass is 16.3. The van der Waals surface area contributed by atoms with Crippen LogP contribution in [-0.4, -0.2) is 10.2 Å². The second-order valence-corrected chi connectivity index (χ2v) is 17.0. The van der Waals surface area contributed by atoms with Gasteiger partial charge in [0.05, 0.1) is 0 Å². The average molecular weight is 857 g/mol. The van der Waals surface area contributed by atoms with Gasteiger partial charge in [-0.1, -0.05) is 144 Å². The van der Waals surface area contributed by atoms with Crippen molar-refractivity contribution in [2.75, 3.05) is 9.80 Å². The molecular formula is C62H52N2O2. The minimum Gasteiger partial charge on any atom is -0.508 e. The van der Waals surface area contributed by atoms with Crippen LogP contribution in [0.5, 0.6) is 11.5 Å². The molecule has 0 saturated heterocycles. The molecular weight excluding hydrogens is 805 g/mol. The Hall–Kier alpha value is -8.34. The van der Waals surface area contributed by atoms with E-state index in [1.165, 1.54) is 22.3 Å². The smallest absolute Gasteiger partial charge is 0.115 e. The van der Waals surface area contributed by atoms with Crippen molar-refractivity contribution < 1.29 is 10.2 Å². The number of nitrogens with zero attached hydrogens (tertiary/aromatic N) is 2. The van der Waals surface area contributed by atoms with Crippen molar-refractivity contribution in [2.45, 2.75) is 27.7 Å². The first-order chi connectivity index (χ1) is 32.1. The Morgan fingerprint density at radius 2 is 0.470 bits per heavy atom. The van der Waals surface area contributed by atoms with Crippen LogP contribution in [0.4, 0.5) is 34.1 Å². The number of hydrogen-bond acceptors (Lipinski definition) is 4. The summed E-state index contributed by atoms with van der Waals surface area (Å²) in [5, 5.41) is 20.5. The molecule has 0 aliphatic heterocycles. The van der Waals surface area contributed by atoms with Crippen LogP contribution in [0.3, 0.4) is 0 Å². The number of aryl methyl sites for hydroxylation is 4. The molecule has 0 saturated carbocycles. The molecule has 0 aromatic heterocycles. The molecule has 66 heavy (non-hydrogen) atoms. The fraction of sp³-hybridized carbons (Fsp3) is 0.0645. The Labute approximate surface area is 389 Å². The van der Waals surface area contributed by atoms with Gasteiger partial charge in [-0.15, -0.1) is 0 Å². The molecule has 0 aliphatic carbocycles. The standard InChI is InChI=1S/C62H52N2O2/c1-43-5-25-53(26-6-43)63(54-27-7-44(2)8-28-54)57-33-13-47(14-34-57)41-61(51-21-37-59(65)38-22-51)49-17-19-50(20-18-49)62(52-23-39-60(66)40-24-52)42-48-15-35-58(36-16-48)64(55-29-9-45(3)10-30-55)56-31-11-46(4)12-32-56/h5-42,65-66H,1-4H3/b61-41-,62-42+. The van der Waals surface area contributed by atoms with Gasteiger partial charge in [0.25, 0.3) is 0 Å².